The van der Waals surface area contributed by atoms with E-state index in [1.165, 1.54) is 24.4 Å². The molecular formula is C15H15ClFN3O. The first kappa shape index (κ1) is 15.3. The van der Waals surface area contributed by atoms with Crippen LogP contribution in [0.2, 0.25) is 5.02 Å². The second kappa shape index (κ2) is 6.54. The topological polar surface area (TPSA) is 68.0 Å². The molecule has 2 rings (SSSR count). The van der Waals surface area contributed by atoms with Crippen molar-refractivity contribution in [1.29, 1.82) is 0 Å². The molecule has 0 aliphatic heterocycles. The maximum atomic E-state index is 13.0. The molecule has 21 heavy (non-hydrogen) atoms. The molecule has 1 aromatic heterocycles. The average molecular weight is 308 g/mol. The van der Waals surface area contributed by atoms with Crippen LogP contribution in [-0.4, -0.2) is 17.4 Å². The number of hydrogen-bond acceptors (Lipinski definition) is 3. The smallest absolute Gasteiger partial charge is 0.253 e. The Balaban J connectivity index is 1.97. The maximum absolute atomic E-state index is 13.0. The molecule has 0 saturated heterocycles. The lowest BCUT2D eigenvalue weighted by molar-refractivity contribution is 0.0954. The van der Waals surface area contributed by atoms with E-state index >= 15 is 0 Å². The Labute approximate surface area is 127 Å². The number of aromatic nitrogens is 1. The molecular weight excluding hydrogens is 293 g/mol. The number of nitrogens with one attached hydrogen (secondary N) is 1. The number of carbonyl (C=O) groups is 1. The molecule has 0 atom stereocenters. The van der Waals surface area contributed by atoms with Crippen molar-refractivity contribution in [3.8, 4) is 0 Å². The Morgan fingerprint density at radius 3 is 2.90 bits per heavy atom. The zero-order chi connectivity index (χ0) is 15.4. The predicted octanol–water partition coefficient (Wildman–Crippen LogP) is 2.74. The molecule has 0 spiro atoms. The minimum Gasteiger partial charge on any atom is -0.384 e. The summed E-state index contributed by atoms with van der Waals surface area (Å²) in [6.07, 6.45) is 1.95. The predicted molar refractivity (Wildman–Crippen MR) is 80.8 cm³/mol. The summed E-state index contributed by atoms with van der Waals surface area (Å²) < 4.78 is 13.0. The molecule has 110 valence electrons. The third-order valence-electron chi connectivity index (χ3n) is 3.11. The van der Waals surface area contributed by atoms with Gasteiger partial charge in [0, 0.05) is 12.7 Å². The highest BCUT2D eigenvalue weighted by molar-refractivity contribution is 6.33. The van der Waals surface area contributed by atoms with Gasteiger partial charge >= 0.3 is 0 Å². The number of nitrogens with two attached hydrogens (primary N) is 1. The highest BCUT2D eigenvalue weighted by Crippen LogP contribution is 2.16. The van der Waals surface area contributed by atoms with Crippen LogP contribution in [0.25, 0.3) is 0 Å². The van der Waals surface area contributed by atoms with Gasteiger partial charge in [-0.3, -0.25) is 4.79 Å². The fourth-order valence-electron chi connectivity index (χ4n) is 1.97. The Morgan fingerprint density at radius 1 is 1.43 bits per heavy atom. The number of aryl methyl sites for hydroxylation is 1. The molecule has 1 aromatic carbocycles. The third kappa shape index (κ3) is 3.92. The summed E-state index contributed by atoms with van der Waals surface area (Å²) in [6.45, 7) is 2.25. The number of anilines is 1. The summed E-state index contributed by atoms with van der Waals surface area (Å²) in [4.78, 5) is 15.8. The number of nitrogens with zero attached hydrogens (tertiary/aromatic N) is 1. The number of nitrogen functional groups attached to an aromatic ring is 1. The van der Waals surface area contributed by atoms with Crippen LogP contribution >= 0.6 is 11.6 Å². The summed E-state index contributed by atoms with van der Waals surface area (Å²) in [5, 5.41) is 3.01. The van der Waals surface area contributed by atoms with Crippen molar-refractivity contribution in [2.24, 2.45) is 0 Å². The number of amides is 1. The van der Waals surface area contributed by atoms with E-state index in [1.54, 1.807) is 6.07 Å². The fourth-order valence-corrected chi connectivity index (χ4v) is 2.16. The molecule has 0 radical (unpaired) electrons. The van der Waals surface area contributed by atoms with Gasteiger partial charge in [0.25, 0.3) is 5.91 Å². The van der Waals surface area contributed by atoms with Gasteiger partial charge in [-0.25, -0.2) is 9.37 Å². The monoisotopic (exact) mass is 307 g/mol. The van der Waals surface area contributed by atoms with Gasteiger partial charge in [-0.15, -0.1) is 0 Å². The number of benzene rings is 1. The Bertz CT molecular complexity index is 676. The van der Waals surface area contributed by atoms with Crippen LogP contribution in [0.1, 0.15) is 21.5 Å². The molecule has 0 saturated carbocycles. The number of rotatable bonds is 4. The van der Waals surface area contributed by atoms with Gasteiger partial charge in [0.15, 0.2) is 0 Å². The molecule has 1 heterocycles. The van der Waals surface area contributed by atoms with Gasteiger partial charge in [0.2, 0.25) is 0 Å². The van der Waals surface area contributed by atoms with Crippen LogP contribution in [0.5, 0.6) is 0 Å². The van der Waals surface area contributed by atoms with E-state index in [9.17, 15) is 9.18 Å². The minimum atomic E-state index is -0.311. The van der Waals surface area contributed by atoms with E-state index in [4.69, 9.17) is 17.3 Å². The van der Waals surface area contributed by atoms with Crippen LogP contribution in [-0.2, 0) is 6.42 Å². The van der Waals surface area contributed by atoms with Crippen molar-refractivity contribution < 1.29 is 9.18 Å². The molecule has 3 N–H and O–H groups in total. The first-order valence-electron chi connectivity index (χ1n) is 6.41. The van der Waals surface area contributed by atoms with Crippen molar-refractivity contribution in [1.82, 2.24) is 10.3 Å². The quantitative estimate of drug-likeness (QED) is 0.912. The Hall–Kier alpha value is -2.14. The van der Waals surface area contributed by atoms with Crippen molar-refractivity contribution in [3.63, 3.8) is 0 Å². The second-order valence-electron chi connectivity index (χ2n) is 4.67. The standard InChI is InChI=1S/C15H15ClFN3O/c1-9-6-11(17)3-2-10(9)4-5-19-15(21)12-7-14(18)20-8-13(12)16/h2-3,6-8H,4-5H2,1H3,(H2,18,20)(H,19,21). The normalized spacial score (nSPS) is 10.4. The van der Waals surface area contributed by atoms with E-state index in [0.717, 1.165) is 11.1 Å². The summed E-state index contributed by atoms with van der Waals surface area (Å²) in [5.41, 5.74) is 7.67. The van der Waals surface area contributed by atoms with Crippen molar-refractivity contribution in [3.05, 3.63) is 58.0 Å². The van der Waals surface area contributed by atoms with E-state index < -0.39 is 0 Å². The number of pyridine rings is 1. The summed E-state index contributed by atoms with van der Waals surface area (Å²) in [6, 6.07) is 6.03. The lowest BCUT2D eigenvalue weighted by atomic mass is 10.1. The first-order chi connectivity index (χ1) is 9.97. The molecule has 4 nitrogen and oxygen atoms in total. The van der Waals surface area contributed by atoms with Crippen LogP contribution in [0, 0.1) is 12.7 Å². The van der Waals surface area contributed by atoms with Crippen molar-refractivity contribution >= 4 is 23.3 Å². The molecule has 0 bridgehead atoms. The van der Waals surface area contributed by atoms with Gasteiger partial charge in [-0.1, -0.05) is 17.7 Å². The summed E-state index contributed by atoms with van der Waals surface area (Å²) in [7, 11) is 0. The van der Waals surface area contributed by atoms with Crippen LogP contribution in [0.15, 0.2) is 30.5 Å². The second-order valence-corrected chi connectivity index (χ2v) is 5.07. The van der Waals surface area contributed by atoms with E-state index in [2.05, 4.69) is 10.3 Å². The molecule has 2 aromatic rings. The van der Waals surface area contributed by atoms with E-state index in [-0.39, 0.29) is 22.6 Å². The molecule has 1 amide bonds. The summed E-state index contributed by atoms with van der Waals surface area (Å²) in [5.74, 6) is -0.341. The van der Waals surface area contributed by atoms with Crippen LogP contribution < -0.4 is 11.1 Å². The zero-order valence-electron chi connectivity index (χ0n) is 11.5. The fraction of sp³-hybridized carbons (Fsp3) is 0.200. The van der Waals surface area contributed by atoms with Crippen molar-refractivity contribution in [2.45, 2.75) is 13.3 Å². The Morgan fingerprint density at radius 2 is 2.19 bits per heavy atom. The average Bonchev–Trinajstić information content (AvgIpc) is 2.43. The zero-order valence-corrected chi connectivity index (χ0v) is 12.2. The first-order valence-corrected chi connectivity index (χ1v) is 6.79. The highest BCUT2D eigenvalue weighted by atomic mass is 35.5. The van der Waals surface area contributed by atoms with Crippen LogP contribution in [0.4, 0.5) is 10.2 Å². The van der Waals surface area contributed by atoms with Gasteiger partial charge in [-0.05, 0) is 42.7 Å². The lowest BCUT2D eigenvalue weighted by Gasteiger charge is -2.09. The van der Waals surface area contributed by atoms with Crippen molar-refractivity contribution in [2.75, 3.05) is 12.3 Å². The molecule has 0 aliphatic carbocycles. The maximum Gasteiger partial charge on any atom is 0.253 e. The van der Waals surface area contributed by atoms with Gasteiger partial charge in [-0.2, -0.15) is 0 Å². The van der Waals surface area contributed by atoms with Gasteiger partial charge in [0.1, 0.15) is 11.6 Å². The van der Waals surface area contributed by atoms with Gasteiger partial charge < -0.3 is 11.1 Å². The molecule has 0 aliphatic rings. The SMILES string of the molecule is Cc1cc(F)ccc1CCNC(=O)c1cc(N)ncc1Cl. The van der Waals surface area contributed by atoms with E-state index in [1.807, 2.05) is 6.92 Å². The third-order valence-corrected chi connectivity index (χ3v) is 3.41. The number of carbonyl (C=O) groups excluding carboxylic acids is 1. The largest absolute Gasteiger partial charge is 0.384 e. The number of halogens is 2. The van der Waals surface area contributed by atoms with Crippen LogP contribution in [0.3, 0.4) is 0 Å². The lowest BCUT2D eigenvalue weighted by Crippen LogP contribution is -2.26. The minimum absolute atomic E-state index is 0.235. The summed E-state index contributed by atoms with van der Waals surface area (Å²) >= 11 is 5.91. The molecule has 6 heteroatoms. The van der Waals surface area contributed by atoms with Gasteiger partial charge in [0.05, 0.1) is 10.6 Å². The molecule has 0 fully saturated rings. The number of hydrogen-bond donors (Lipinski definition) is 2. The Kier molecular flexibility index (Phi) is 4.75. The molecule has 0 unspecified atom stereocenters. The highest BCUT2D eigenvalue weighted by Gasteiger charge is 2.11. The van der Waals surface area contributed by atoms with E-state index in [0.29, 0.717) is 18.5 Å².